The number of amides is 1. The van der Waals surface area contributed by atoms with Gasteiger partial charge in [0.2, 0.25) is 0 Å². The van der Waals surface area contributed by atoms with E-state index in [1.165, 1.54) is 18.4 Å². The number of nitrogens with zero attached hydrogens (tertiary/aromatic N) is 4. The number of fused-ring (bicyclic) bond motifs is 1. The van der Waals surface area contributed by atoms with Gasteiger partial charge in [0.05, 0.1) is 17.4 Å². The van der Waals surface area contributed by atoms with Gasteiger partial charge in [-0.05, 0) is 73.3 Å². The molecule has 5 rings (SSSR count). The molecule has 4 aromatic rings. The molecule has 1 amide bonds. The number of aromatic amines is 1. The number of hydrogen-bond donors (Lipinski definition) is 2. The third-order valence-electron chi connectivity index (χ3n) is 6.11. The summed E-state index contributed by atoms with van der Waals surface area (Å²) in [6, 6.07) is 11.8. The number of anilines is 1. The van der Waals surface area contributed by atoms with Crippen LogP contribution in [0.1, 0.15) is 35.8 Å². The number of aromatic nitrogens is 4. The molecule has 7 nitrogen and oxygen atoms in total. The second-order valence-electron chi connectivity index (χ2n) is 8.57. The molecule has 0 spiro atoms. The molecule has 2 N–H and O–H groups in total. The summed E-state index contributed by atoms with van der Waals surface area (Å²) in [5.74, 6) is 0.551. The number of rotatable bonds is 5. The molecule has 32 heavy (non-hydrogen) atoms. The highest BCUT2D eigenvalue weighted by atomic mass is 16.1. The average Bonchev–Trinajstić information content (AvgIpc) is 3.25. The Morgan fingerprint density at radius 1 is 1.09 bits per heavy atom. The first kappa shape index (κ1) is 20.3. The Bertz CT molecular complexity index is 1230. The average molecular weight is 427 g/mol. The molecule has 0 radical (unpaired) electrons. The summed E-state index contributed by atoms with van der Waals surface area (Å²) in [5.41, 5.74) is 5.06. The van der Waals surface area contributed by atoms with Gasteiger partial charge in [0.15, 0.2) is 5.69 Å². The van der Waals surface area contributed by atoms with Gasteiger partial charge in [0, 0.05) is 36.1 Å². The van der Waals surface area contributed by atoms with Crippen LogP contribution >= 0.6 is 0 Å². The van der Waals surface area contributed by atoms with Crippen LogP contribution < -0.4 is 5.32 Å². The van der Waals surface area contributed by atoms with E-state index in [0.29, 0.717) is 11.4 Å². The van der Waals surface area contributed by atoms with E-state index in [-0.39, 0.29) is 5.91 Å². The van der Waals surface area contributed by atoms with E-state index in [4.69, 9.17) is 0 Å². The van der Waals surface area contributed by atoms with E-state index in [9.17, 15) is 4.79 Å². The second-order valence-corrected chi connectivity index (χ2v) is 8.57. The Balaban J connectivity index is 1.39. The van der Waals surface area contributed by atoms with Gasteiger partial charge in [-0.3, -0.25) is 24.8 Å². The maximum Gasteiger partial charge on any atom is 0.276 e. The van der Waals surface area contributed by atoms with Crippen molar-refractivity contribution in [3.63, 3.8) is 0 Å². The van der Waals surface area contributed by atoms with Crippen LogP contribution in [0.5, 0.6) is 0 Å². The Morgan fingerprint density at radius 3 is 2.78 bits per heavy atom. The van der Waals surface area contributed by atoms with E-state index < -0.39 is 0 Å². The lowest BCUT2D eigenvalue weighted by atomic mass is 9.98. The molecule has 7 heteroatoms. The van der Waals surface area contributed by atoms with E-state index in [1.54, 1.807) is 24.5 Å². The Morgan fingerprint density at radius 2 is 1.97 bits per heavy atom. The molecule has 0 unspecified atom stereocenters. The molecule has 1 aliphatic rings. The van der Waals surface area contributed by atoms with Gasteiger partial charge in [-0.15, -0.1) is 0 Å². The van der Waals surface area contributed by atoms with Crippen LogP contribution in [0.4, 0.5) is 5.69 Å². The van der Waals surface area contributed by atoms with Gasteiger partial charge < -0.3 is 5.32 Å². The fourth-order valence-corrected chi connectivity index (χ4v) is 4.20. The van der Waals surface area contributed by atoms with Crippen LogP contribution in [0.2, 0.25) is 0 Å². The van der Waals surface area contributed by atoms with Crippen molar-refractivity contribution < 1.29 is 4.79 Å². The zero-order chi connectivity index (χ0) is 21.9. The van der Waals surface area contributed by atoms with Crippen molar-refractivity contribution in [1.82, 2.24) is 25.1 Å². The zero-order valence-corrected chi connectivity index (χ0v) is 18.1. The molecule has 1 aliphatic heterocycles. The number of nitrogens with one attached hydrogen (secondary N) is 2. The van der Waals surface area contributed by atoms with Gasteiger partial charge in [0.1, 0.15) is 0 Å². The summed E-state index contributed by atoms with van der Waals surface area (Å²) < 4.78 is 0. The van der Waals surface area contributed by atoms with Gasteiger partial charge in [0.25, 0.3) is 5.91 Å². The molecule has 0 atom stereocenters. The van der Waals surface area contributed by atoms with Crippen LogP contribution in [0.3, 0.4) is 0 Å². The van der Waals surface area contributed by atoms with E-state index in [2.05, 4.69) is 43.4 Å². The topological polar surface area (TPSA) is 86.8 Å². The smallest absolute Gasteiger partial charge is 0.276 e. The minimum absolute atomic E-state index is 0.271. The van der Waals surface area contributed by atoms with E-state index in [1.807, 2.05) is 30.6 Å². The second kappa shape index (κ2) is 8.88. The summed E-state index contributed by atoms with van der Waals surface area (Å²) >= 11 is 0. The SMILES string of the molecule is CC1CCN(Cc2cncc(-c3ccc4[nH]nc(C(=O)Nc5cccnc5)c4c3)c2)CC1. The van der Waals surface area contributed by atoms with Gasteiger partial charge in [-0.2, -0.15) is 5.10 Å². The fourth-order valence-electron chi connectivity index (χ4n) is 4.20. The zero-order valence-electron chi connectivity index (χ0n) is 18.1. The van der Waals surface area contributed by atoms with Crippen molar-refractivity contribution >= 4 is 22.5 Å². The minimum Gasteiger partial charge on any atom is -0.319 e. The monoisotopic (exact) mass is 426 g/mol. The van der Waals surface area contributed by atoms with Crippen molar-refractivity contribution in [2.75, 3.05) is 18.4 Å². The number of pyridine rings is 2. The van der Waals surface area contributed by atoms with Crippen LogP contribution in [0.15, 0.2) is 61.2 Å². The number of carbonyl (C=O) groups is 1. The van der Waals surface area contributed by atoms with Crippen molar-refractivity contribution in [2.45, 2.75) is 26.3 Å². The maximum atomic E-state index is 12.8. The minimum atomic E-state index is -0.271. The molecule has 4 heterocycles. The quantitative estimate of drug-likeness (QED) is 0.491. The lowest BCUT2D eigenvalue weighted by Crippen LogP contribution is -2.32. The largest absolute Gasteiger partial charge is 0.319 e. The molecule has 3 aromatic heterocycles. The van der Waals surface area contributed by atoms with Crippen molar-refractivity contribution in [2.24, 2.45) is 5.92 Å². The summed E-state index contributed by atoms with van der Waals surface area (Å²) in [6.07, 6.45) is 9.61. The van der Waals surface area contributed by atoms with Gasteiger partial charge in [-0.1, -0.05) is 13.0 Å². The van der Waals surface area contributed by atoms with Crippen molar-refractivity contribution in [3.05, 3.63) is 72.4 Å². The third-order valence-corrected chi connectivity index (χ3v) is 6.11. The highest BCUT2D eigenvalue weighted by molar-refractivity contribution is 6.11. The summed E-state index contributed by atoms with van der Waals surface area (Å²) in [4.78, 5) is 23.8. The summed E-state index contributed by atoms with van der Waals surface area (Å²) in [5, 5.41) is 10.8. The van der Waals surface area contributed by atoms with Gasteiger partial charge in [-0.25, -0.2) is 0 Å². The number of piperidine rings is 1. The molecule has 1 fully saturated rings. The Hall–Kier alpha value is -3.58. The lowest BCUT2D eigenvalue weighted by Gasteiger charge is -2.30. The number of carbonyl (C=O) groups excluding carboxylic acids is 1. The molecule has 1 saturated heterocycles. The highest BCUT2D eigenvalue weighted by Gasteiger charge is 2.17. The molecule has 1 aromatic carbocycles. The Labute approximate surface area is 186 Å². The first-order valence-electron chi connectivity index (χ1n) is 11.0. The Kier molecular flexibility index (Phi) is 5.64. The molecular weight excluding hydrogens is 400 g/mol. The highest BCUT2D eigenvalue weighted by Crippen LogP contribution is 2.27. The predicted molar refractivity (Wildman–Crippen MR) is 125 cm³/mol. The fraction of sp³-hybridized carbons (Fsp3) is 0.280. The molecule has 162 valence electrons. The molecule has 0 saturated carbocycles. The summed E-state index contributed by atoms with van der Waals surface area (Å²) in [7, 11) is 0. The first-order valence-corrected chi connectivity index (χ1v) is 11.0. The molecular formula is C25H26N6O. The van der Waals surface area contributed by atoms with E-state index in [0.717, 1.165) is 47.6 Å². The number of H-pyrrole nitrogens is 1. The van der Waals surface area contributed by atoms with Crippen molar-refractivity contribution in [3.8, 4) is 11.1 Å². The van der Waals surface area contributed by atoms with Gasteiger partial charge >= 0.3 is 0 Å². The van der Waals surface area contributed by atoms with Crippen LogP contribution in [0, 0.1) is 5.92 Å². The first-order chi connectivity index (χ1) is 15.7. The lowest BCUT2D eigenvalue weighted by molar-refractivity contribution is 0.102. The third kappa shape index (κ3) is 4.38. The van der Waals surface area contributed by atoms with E-state index >= 15 is 0 Å². The molecule has 0 bridgehead atoms. The van der Waals surface area contributed by atoms with Crippen LogP contribution in [-0.4, -0.2) is 44.1 Å². The van der Waals surface area contributed by atoms with Crippen molar-refractivity contribution in [1.29, 1.82) is 0 Å². The molecule has 0 aliphatic carbocycles. The number of benzene rings is 1. The standard InChI is InChI=1S/C25H26N6O/c1-17-6-9-31(10-7-17)16-18-11-20(14-27-13-18)19-4-5-23-22(12-19)24(30-29-23)25(32)28-21-3-2-8-26-15-21/h2-5,8,11-15,17H,6-7,9-10,16H2,1H3,(H,28,32)(H,29,30). The number of likely N-dealkylation sites (tertiary alicyclic amines) is 1. The predicted octanol–water partition coefficient (Wildman–Crippen LogP) is 4.50. The van der Waals surface area contributed by atoms with Crippen LogP contribution in [0.25, 0.3) is 22.0 Å². The normalized spacial score (nSPS) is 15.2. The number of hydrogen-bond acceptors (Lipinski definition) is 5. The maximum absolute atomic E-state index is 12.8. The van der Waals surface area contributed by atoms with Crippen LogP contribution in [-0.2, 0) is 6.54 Å². The summed E-state index contributed by atoms with van der Waals surface area (Å²) in [6.45, 7) is 5.53.